The summed E-state index contributed by atoms with van der Waals surface area (Å²) in [6.45, 7) is 6.74. The molecule has 1 rings (SSSR count). The topological polar surface area (TPSA) is 49.5 Å². The Hall–Kier alpha value is -0.120. The predicted octanol–water partition coefficient (Wildman–Crippen LogP) is 0.0363. The number of nitrogens with two attached hydrogens (primary N) is 1. The van der Waals surface area contributed by atoms with Crippen LogP contribution in [0.5, 0.6) is 0 Å². The molecule has 3 unspecified atom stereocenters. The second-order valence-corrected chi connectivity index (χ2v) is 3.80. The number of aliphatic hydroxyl groups excluding tert-OH is 1. The van der Waals surface area contributed by atoms with Crippen LogP contribution in [0.15, 0.2) is 0 Å². The Balaban J connectivity index is 2.44. The molecule has 0 aliphatic carbocycles. The average Bonchev–Trinajstić information content (AvgIpc) is 2.35. The van der Waals surface area contributed by atoms with Crippen molar-refractivity contribution in [3.05, 3.63) is 0 Å². The number of rotatable bonds is 3. The summed E-state index contributed by atoms with van der Waals surface area (Å²) < 4.78 is 0. The number of nitrogens with zero attached hydrogens (tertiary/aromatic N) is 1. The van der Waals surface area contributed by atoms with Crippen molar-refractivity contribution < 1.29 is 5.11 Å². The Bertz CT molecular complexity index is 126. The highest BCUT2D eigenvalue weighted by Gasteiger charge is 2.30. The van der Waals surface area contributed by atoms with Crippen molar-refractivity contribution in [2.24, 2.45) is 11.7 Å². The molecular formula is C9H20N2O. The van der Waals surface area contributed by atoms with E-state index in [4.69, 9.17) is 5.73 Å². The summed E-state index contributed by atoms with van der Waals surface area (Å²) in [7, 11) is 0. The fraction of sp³-hybridized carbons (Fsp3) is 1.00. The third-order valence-electron chi connectivity index (χ3n) is 2.86. The Morgan fingerprint density at radius 1 is 1.58 bits per heavy atom. The van der Waals surface area contributed by atoms with Gasteiger partial charge in [-0.1, -0.05) is 13.8 Å². The summed E-state index contributed by atoms with van der Waals surface area (Å²) in [5, 5.41) is 9.53. The maximum Gasteiger partial charge on any atom is 0.0704 e. The molecule has 1 aliphatic rings. The molecule has 0 aromatic rings. The molecule has 0 amide bonds. The predicted molar refractivity (Wildman–Crippen MR) is 49.9 cm³/mol. The Morgan fingerprint density at radius 2 is 2.25 bits per heavy atom. The maximum atomic E-state index is 9.53. The summed E-state index contributed by atoms with van der Waals surface area (Å²) >= 11 is 0. The summed E-state index contributed by atoms with van der Waals surface area (Å²) in [5.74, 6) is 0.408. The molecule has 72 valence electrons. The van der Waals surface area contributed by atoms with E-state index in [1.54, 1.807) is 0 Å². The molecule has 0 aromatic carbocycles. The van der Waals surface area contributed by atoms with E-state index in [1.165, 1.54) is 0 Å². The summed E-state index contributed by atoms with van der Waals surface area (Å²) in [6.07, 6.45) is 0.932. The normalized spacial score (nSPS) is 34.0. The summed E-state index contributed by atoms with van der Waals surface area (Å²) in [4.78, 5) is 2.30. The number of β-amino-alcohol motifs (C(OH)–C–C–N with tert-alkyl or cyclic N) is 1. The smallest absolute Gasteiger partial charge is 0.0704 e. The highest BCUT2D eigenvalue weighted by atomic mass is 16.3. The third-order valence-corrected chi connectivity index (χ3v) is 2.86. The van der Waals surface area contributed by atoms with Gasteiger partial charge in [0.25, 0.3) is 0 Å². The van der Waals surface area contributed by atoms with Gasteiger partial charge in [-0.3, -0.25) is 4.90 Å². The van der Waals surface area contributed by atoms with Gasteiger partial charge in [-0.2, -0.15) is 0 Å². The molecule has 12 heavy (non-hydrogen) atoms. The second kappa shape index (κ2) is 4.21. The highest BCUT2D eigenvalue weighted by Crippen LogP contribution is 2.19. The summed E-state index contributed by atoms with van der Waals surface area (Å²) in [6, 6.07) is 0.463. The van der Waals surface area contributed by atoms with Gasteiger partial charge in [0.05, 0.1) is 6.10 Å². The van der Waals surface area contributed by atoms with Crippen molar-refractivity contribution >= 4 is 0 Å². The number of likely N-dealkylation sites (tertiary alicyclic amines) is 1. The van der Waals surface area contributed by atoms with Crippen LogP contribution in [0, 0.1) is 5.92 Å². The fourth-order valence-corrected chi connectivity index (χ4v) is 1.86. The van der Waals surface area contributed by atoms with Gasteiger partial charge in [0.15, 0.2) is 0 Å². The number of hydrogen-bond acceptors (Lipinski definition) is 3. The van der Waals surface area contributed by atoms with Crippen LogP contribution in [-0.2, 0) is 0 Å². The molecule has 1 fully saturated rings. The van der Waals surface area contributed by atoms with Crippen molar-refractivity contribution in [1.29, 1.82) is 0 Å². The lowest BCUT2D eigenvalue weighted by atomic mass is 10.1. The van der Waals surface area contributed by atoms with E-state index in [1.807, 2.05) is 0 Å². The van der Waals surface area contributed by atoms with E-state index < -0.39 is 0 Å². The monoisotopic (exact) mass is 172 g/mol. The van der Waals surface area contributed by atoms with Gasteiger partial charge in [0, 0.05) is 25.7 Å². The first kappa shape index (κ1) is 9.96. The van der Waals surface area contributed by atoms with Crippen molar-refractivity contribution in [2.75, 3.05) is 19.6 Å². The number of aliphatic hydroxyl groups is 1. The first-order valence-electron chi connectivity index (χ1n) is 4.81. The Labute approximate surface area is 74.5 Å². The minimum absolute atomic E-state index is 0.148. The van der Waals surface area contributed by atoms with Gasteiger partial charge >= 0.3 is 0 Å². The van der Waals surface area contributed by atoms with Crippen LogP contribution in [0.25, 0.3) is 0 Å². The molecule has 3 atom stereocenters. The van der Waals surface area contributed by atoms with Crippen LogP contribution in [0.3, 0.4) is 0 Å². The van der Waals surface area contributed by atoms with Gasteiger partial charge in [-0.15, -0.1) is 0 Å². The highest BCUT2D eigenvalue weighted by molar-refractivity contribution is 4.85. The molecule has 0 saturated carbocycles. The van der Waals surface area contributed by atoms with Gasteiger partial charge in [-0.05, 0) is 12.3 Å². The first-order chi connectivity index (χ1) is 5.69. The van der Waals surface area contributed by atoms with Gasteiger partial charge in [-0.25, -0.2) is 0 Å². The lowest BCUT2D eigenvalue weighted by molar-refractivity contribution is 0.141. The van der Waals surface area contributed by atoms with Crippen molar-refractivity contribution in [3.8, 4) is 0 Å². The fourth-order valence-electron chi connectivity index (χ4n) is 1.86. The lowest BCUT2D eigenvalue weighted by Gasteiger charge is -2.24. The van der Waals surface area contributed by atoms with Crippen LogP contribution in [0.4, 0.5) is 0 Å². The molecule has 0 spiro atoms. The van der Waals surface area contributed by atoms with E-state index in [0.29, 0.717) is 18.5 Å². The molecular weight excluding hydrogens is 152 g/mol. The van der Waals surface area contributed by atoms with E-state index >= 15 is 0 Å². The van der Waals surface area contributed by atoms with Gasteiger partial charge in [0.2, 0.25) is 0 Å². The number of hydrogen-bond donors (Lipinski definition) is 2. The lowest BCUT2D eigenvalue weighted by Crippen LogP contribution is -2.39. The van der Waals surface area contributed by atoms with Crippen LogP contribution >= 0.6 is 0 Å². The zero-order chi connectivity index (χ0) is 9.14. The minimum atomic E-state index is -0.148. The van der Waals surface area contributed by atoms with Crippen LogP contribution in [0.1, 0.15) is 20.3 Å². The molecule has 3 nitrogen and oxygen atoms in total. The minimum Gasteiger partial charge on any atom is -0.391 e. The maximum absolute atomic E-state index is 9.53. The van der Waals surface area contributed by atoms with E-state index in [0.717, 1.165) is 19.5 Å². The van der Waals surface area contributed by atoms with Crippen LogP contribution in [-0.4, -0.2) is 41.8 Å². The van der Waals surface area contributed by atoms with Crippen molar-refractivity contribution in [3.63, 3.8) is 0 Å². The third kappa shape index (κ3) is 1.97. The van der Waals surface area contributed by atoms with Crippen LogP contribution < -0.4 is 5.73 Å². The Kier molecular flexibility index (Phi) is 3.50. The molecule has 1 aliphatic heterocycles. The molecule has 0 bridgehead atoms. The average molecular weight is 172 g/mol. The standard InChI is InChI=1S/C9H20N2O/c1-3-8(4-10)11-5-7(2)9(12)6-11/h7-9,12H,3-6,10H2,1-2H3. The SMILES string of the molecule is CCC(CN)N1CC(C)C(O)C1. The molecule has 0 radical (unpaired) electrons. The molecule has 3 N–H and O–H groups in total. The van der Waals surface area contributed by atoms with E-state index in [-0.39, 0.29) is 6.10 Å². The van der Waals surface area contributed by atoms with Crippen molar-refractivity contribution in [1.82, 2.24) is 4.90 Å². The Morgan fingerprint density at radius 3 is 2.58 bits per heavy atom. The molecule has 3 heteroatoms. The summed E-state index contributed by atoms with van der Waals surface area (Å²) in [5.41, 5.74) is 5.63. The van der Waals surface area contributed by atoms with Crippen LogP contribution in [0.2, 0.25) is 0 Å². The zero-order valence-electron chi connectivity index (χ0n) is 8.03. The van der Waals surface area contributed by atoms with Gasteiger partial charge < -0.3 is 10.8 Å². The van der Waals surface area contributed by atoms with E-state index in [2.05, 4.69) is 18.7 Å². The zero-order valence-corrected chi connectivity index (χ0v) is 8.03. The largest absolute Gasteiger partial charge is 0.391 e. The molecule has 1 saturated heterocycles. The molecule has 1 heterocycles. The van der Waals surface area contributed by atoms with E-state index in [9.17, 15) is 5.11 Å². The quantitative estimate of drug-likeness (QED) is 0.632. The second-order valence-electron chi connectivity index (χ2n) is 3.80. The van der Waals surface area contributed by atoms with Crippen molar-refractivity contribution in [2.45, 2.75) is 32.4 Å². The van der Waals surface area contributed by atoms with Gasteiger partial charge in [0.1, 0.15) is 0 Å². The molecule has 0 aromatic heterocycles. The first-order valence-corrected chi connectivity index (χ1v) is 4.81.